The number of aryl methyl sites for hydroxylation is 1. The van der Waals surface area contributed by atoms with Crippen molar-refractivity contribution in [2.75, 3.05) is 32.8 Å². The minimum atomic E-state index is 0.601. The molecule has 1 aromatic rings. The van der Waals surface area contributed by atoms with E-state index in [0.29, 0.717) is 13.2 Å². The van der Waals surface area contributed by atoms with Crippen LogP contribution in [0.4, 0.5) is 0 Å². The van der Waals surface area contributed by atoms with Gasteiger partial charge < -0.3 is 10.5 Å². The van der Waals surface area contributed by atoms with E-state index in [0.717, 1.165) is 26.2 Å². The number of rotatable bonds is 8. The van der Waals surface area contributed by atoms with Crippen molar-refractivity contribution < 1.29 is 4.74 Å². The smallest absolute Gasteiger partial charge is 0.0594 e. The first-order chi connectivity index (χ1) is 8.27. The van der Waals surface area contributed by atoms with Crippen LogP contribution in [0.15, 0.2) is 24.3 Å². The third-order valence-corrected chi connectivity index (χ3v) is 2.92. The largest absolute Gasteiger partial charge is 0.379 e. The van der Waals surface area contributed by atoms with Gasteiger partial charge in [0.2, 0.25) is 0 Å². The fourth-order valence-electron chi connectivity index (χ4n) is 1.76. The Bertz CT molecular complexity index is 315. The summed E-state index contributed by atoms with van der Waals surface area (Å²) in [5, 5.41) is 0. The fourth-order valence-corrected chi connectivity index (χ4v) is 1.76. The Balaban J connectivity index is 2.38. The average Bonchev–Trinajstić information content (AvgIpc) is 2.35. The van der Waals surface area contributed by atoms with Gasteiger partial charge >= 0.3 is 0 Å². The van der Waals surface area contributed by atoms with Crippen LogP contribution in [0.5, 0.6) is 0 Å². The standard InChI is InChI=1S/C14H24N2O/c1-3-16(9-11-17-10-8-15)12-14-7-5-4-6-13(14)2/h4-7H,3,8-12,15H2,1-2H3. The van der Waals surface area contributed by atoms with Gasteiger partial charge in [0.05, 0.1) is 13.2 Å². The van der Waals surface area contributed by atoms with Gasteiger partial charge in [-0.1, -0.05) is 31.2 Å². The predicted molar refractivity (Wildman–Crippen MR) is 72.0 cm³/mol. The van der Waals surface area contributed by atoms with Crippen molar-refractivity contribution in [2.24, 2.45) is 5.73 Å². The molecule has 0 unspecified atom stereocenters. The number of hydrogen-bond acceptors (Lipinski definition) is 3. The van der Waals surface area contributed by atoms with Crippen LogP contribution in [0, 0.1) is 6.92 Å². The minimum absolute atomic E-state index is 0.601. The maximum absolute atomic E-state index is 5.42. The quantitative estimate of drug-likeness (QED) is 0.699. The lowest BCUT2D eigenvalue weighted by molar-refractivity contribution is 0.108. The Morgan fingerprint density at radius 1 is 1.24 bits per heavy atom. The van der Waals surface area contributed by atoms with E-state index in [1.54, 1.807) is 0 Å². The Morgan fingerprint density at radius 2 is 2.00 bits per heavy atom. The van der Waals surface area contributed by atoms with E-state index in [-0.39, 0.29) is 0 Å². The van der Waals surface area contributed by atoms with Gasteiger partial charge in [-0.3, -0.25) is 4.90 Å². The normalized spacial score (nSPS) is 11.1. The van der Waals surface area contributed by atoms with Crippen LogP contribution >= 0.6 is 0 Å². The van der Waals surface area contributed by atoms with Crippen LogP contribution in [0.3, 0.4) is 0 Å². The fraction of sp³-hybridized carbons (Fsp3) is 0.571. The Kier molecular flexibility index (Phi) is 6.86. The first kappa shape index (κ1) is 14.2. The van der Waals surface area contributed by atoms with E-state index in [1.165, 1.54) is 11.1 Å². The van der Waals surface area contributed by atoms with Gasteiger partial charge in [-0.05, 0) is 24.6 Å². The summed E-state index contributed by atoms with van der Waals surface area (Å²) in [5.41, 5.74) is 8.13. The van der Waals surface area contributed by atoms with Crippen molar-refractivity contribution in [3.05, 3.63) is 35.4 Å². The van der Waals surface area contributed by atoms with Crippen LogP contribution in [0.1, 0.15) is 18.1 Å². The second-order valence-corrected chi connectivity index (χ2v) is 4.20. The van der Waals surface area contributed by atoms with Gasteiger partial charge in [-0.25, -0.2) is 0 Å². The second kappa shape index (κ2) is 8.23. The number of likely N-dealkylation sites (N-methyl/N-ethyl adjacent to an activating group) is 1. The minimum Gasteiger partial charge on any atom is -0.379 e. The molecule has 0 atom stereocenters. The van der Waals surface area contributed by atoms with E-state index >= 15 is 0 Å². The molecule has 1 aromatic carbocycles. The van der Waals surface area contributed by atoms with Crippen molar-refractivity contribution in [3.8, 4) is 0 Å². The topological polar surface area (TPSA) is 38.5 Å². The molecule has 0 aromatic heterocycles. The van der Waals surface area contributed by atoms with Crippen LogP contribution in [0.2, 0.25) is 0 Å². The predicted octanol–water partition coefficient (Wildman–Crippen LogP) is 1.79. The zero-order valence-corrected chi connectivity index (χ0v) is 11.0. The molecule has 0 aliphatic rings. The van der Waals surface area contributed by atoms with E-state index in [9.17, 15) is 0 Å². The molecule has 0 heterocycles. The molecular formula is C14H24N2O. The highest BCUT2D eigenvalue weighted by Crippen LogP contribution is 2.09. The van der Waals surface area contributed by atoms with Crippen LogP contribution in [0.25, 0.3) is 0 Å². The number of nitrogens with two attached hydrogens (primary N) is 1. The zero-order chi connectivity index (χ0) is 12.5. The first-order valence-corrected chi connectivity index (χ1v) is 6.32. The molecule has 0 amide bonds. The van der Waals surface area contributed by atoms with Gasteiger partial charge in [-0.15, -0.1) is 0 Å². The molecule has 0 aliphatic heterocycles. The second-order valence-electron chi connectivity index (χ2n) is 4.20. The summed E-state index contributed by atoms with van der Waals surface area (Å²) in [6, 6.07) is 8.54. The van der Waals surface area contributed by atoms with Crippen molar-refractivity contribution in [1.82, 2.24) is 4.90 Å². The summed E-state index contributed by atoms with van der Waals surface area (Å²) >= 11 is 0. The summed E-state index contributed by atoms with van der Waals surface area (Å²) in [6.07, 6.45) is 0. The van der Waals surface area contributed by atoms with Gasteiger partial charge in [0.1, 0.15) is 0 Å². The Hall–Kier alpha value is -0.900. The molecule has 0 spiro atoms. The Morgan fingerprint density at radius 3 is 2.65 bits per heavy atom. The number of benzene rings is 1. The molecule has 17 heavy (non-hydrogen) atoms. The molecule has 3 heteroatoms. The molecule has 1 rings (SSSR count). The van der Waals surface area contributed by atoms with E-state index in [4.69, 9.17) is 10.5 Å². The lowest BCUT2D eigenvalue weighted by atomic mass is 10.1. The van der Waals surface area contributed by atoms with E-state index < -0.39 is 0 Å². The molecule has 3 nitrogen and oxygen atoms in total. The Labute approximate surface area is 105 Å². The van der Waals surface area contributed by atoms with Gasteiger partial charge in [0, 0.05) is 19.6 Å². The number of hydrogen-bond donors (Lipinski definition) is 1. The molecule has 0 radical (unpaired) electrons. The lowest BCUT2D eigenvalue weighted by Crippen LogP contribution is -2.28. The van der Waals surface area contributed by atoms with Gasteiger partial charge in [0.15, 0.2) is 0 Å². The summed E-state index contributed by atoms with van der Waals surface area (Å²) in [4.78, 5) is 2.39. The number of nitrogens with zero attached hydrogens (tertiary/aromatic N) is 1. The van der Waals surface area contributed by atoms with Gasteiger partial charge in [-0.2, -0.15) is 0 Å². The SMILES string of the molecule is CCN(CCOCCN)Cc1ccccc1C. The summed E-state index contributed by atoms with van der Waals surface area (Å²) < 4.78 is 5.42. The highest BCUT2D eigenvalue weighted by atomic mass is 16.5. The van der Waals surface area contributed by atoms with Crippen molar-refractivity contribution in [1.29, 1.82) is 0 Å². The summed E-state index contributed by atoms with van der Waals surface area (Å²) in [7, 11) is 0. The molecule has 0 aliphatic carbocycles. The van der Waals surface area contributed by atoms with E-state index in [2.05, 4.69) is 43.0 Å². The molecule has 0 bridgehead atoms. The molecule has 0 saturated heterocycles. The van der Waals surface area contributed by atoms with Crippen LogP contribution < -0.4 is 5.73 Å². The van der Waals surface area contributed by atoms with Crippen LogP contribution in [-0.2, 0) is 11.3 Å². The number of ether oxygens (including phenoxy) is 1. The van der Waals surface area contributed by atoms with Crippen molar-refractivity contribution in [3.63, 3.8) is 0 Å². The van der Waals surface area contributed by atoms with Gasteiger partial charge in [0.25, 0.3) is 0 Å². The van der Waals surface area contributed by atoms with Crippen molar-refractivity contribution >= 4 is 0 Å². The zero-order valence-electron chi connectivity index (χ0n) is 11.0. The summed E-state index contributed by atoms with van der Waals surface area (Å²) in [6.45, 7) is 9.36. The maximum Gasteiger partial charge on any atom is 0.0594 e. The molecule has 0 saturated carbocycles. The molecule has 2 N–H and O–H groups in total. The van der Waals surface area contributed by atoms with Crippen molar-refractivity contribution in [2.45, 2.75) is 20.4 Å². The molecular weight excluding hydrogens is 212 g/mol. The lowest BCUT2D eigenvalue weighted by Gasteiger charge is -2.21. The van der Waals surface area contributed by atoms with Crippen LogP contribution in [-0.4, -0.2) is 37.7 Å². The van der Waals surface area contributed by atoms with E-state index in [1.807, 2.05) is 0 Å². The highest BCUT2D eigenvalue weighted by Gasteiger charge is 2.05. The summed E-state index contributed by atoms with van der Waals surface area (Å²) in [5.74, 6) is 0. The maximum atomic E-state index is 5.42. The average molecular weight is 236 g/mol. The third-order valence-electron chi connectivity index (χ3n) is 2.92. The third kappa shape index (κ3) is 5.31. The highest BCUT2D eigenvalue weighted by molar-refractivity contribution is 5.25. The molecule has 0 fully saturated rings. The monoisotopic (exact) mass is 236 g/mol. The first-order valence-electron chi connectivity index (χ1n) is 6.32. The molecule has 96 valence electrons.